The van der Waals surface area contributed by atoms with Crippen LogP contribution in [0.2, 0.25) is 0 Å². The van der Waals surface area contributed by atoms with Gasteiger partial charge in [0.15, 0.2) is 6.04 Å². The Morgan fingerprint density at radius 1 is 1.56 bits per heavy atom. The molecule has 16 heavy (non-hydrogen) atoms. The monoisotopic (exact) mass is 287 g/mol. The van der Waals surface area contributed by atoms with Gasteiger partial charge in [0.05, 0.1) is 6.33 Å². The first-order chi connectivity index (χ1) is 7.61. The second kappa shape index (κ2) is 4.55. The third-order valence-electron chi connectivity index (χ3n) is 2.89. The predicted molar refractivity (Wildman–Crippen MR) is 62.1 cm³/mol. The van der Waals surface area contributed by atoms with Crippen molar-refractivity contribution in [3.05, 3.63) is 16.6 Å². The predicted octanol–water partition coefficient (Wildman–Crippen LogP) is 1.40. The van der Waals surface area contributed by atoms with E-state index in [4.69, 9.17) is 0 Å². The van der Waals surface area contributed by atoms with E-state index >= 15 is 0 Å². The zero-order valence-corrected chi connectivity index (χ0v) is 10.6. The number of aliphatic carboxylic acids is 1. The van der Waals surface area contributed by atoms with Gasteiger partial charge in [-0.1, -0.05) is 0 Å². The van der Waals surface area contributed by atoms with Crippen LogP contribution in [0.25, 0.3) is 0 Å². The summed E-state index contributed by atoms with van der Waals surface area (Å²) >= 11 is 3.38. The Bertz CT molecular complexity index is 399. The number of hydrogen-bond donors (Lipinski definition) is 1. The number of imidazole rings is 1. The second-order valence-electron chi connectivity index (χ2n) is 4.02. The minimum Gasteiger partial charge on any atom is -0.480 e. The van der Waals surface area contributed by atoms with Crippen molar-refractivity contribution in [2.75, 3.05) is 13.1 Å². The van der Waals surface area contributed by atoms with E-state index < -0.39 is 12.0 Å². The topological polar surface area (TPSA) is 58.4 Å². The summed E-state index contributed by atoms with van der Waals surface area (Å²) in [5.41, 5.74) is 0.594. The molecule has 0 saturated carbocycles. The van der Waals surface area contributed by atoms with E-state index in [0.717, 1.165) is 30.5 Å². The van der Waals surface area contributed by atoms with E-state index in [1.54, 1.807) is 10.9 Å². The largest absolute Gasteiger partial charge is 0.480 e. The van der Waals surface area contributed by atoms with Crippen molar-refractivity contribution in [3.8, 4) is 0 Å². The number of likely N-dealkylation sites (tertiary alicyclic amines) is 1. The molecule has 1 fully saturated rings. The molecule has 0 aromatic carbocycles. The van der Waals surface area contributed by atoms with Gasteiger partial charge in [0, 0.05) is 7.05 Å². The third-order valence-corrected chi connectivity index (χ3v) is 3.86. The lowest BCUT2D eigenvalue weighted by atomic mass is 10.2. The number of nitrogens with zero attached hydrogens (tertiary/aromatic N) is 3. The van der Waals surface area contributed by atoms with Crippen LogP contribution in [0.3, 0.4) is 0 Å². The van der Waals surface area contributed by atoms with E-state index in [1.807, 2.05) is 11.9 Å². The molecular weight excluding hydrogens is 274 g/mol. The van der Waals surface area contributed by atoms with Crippen LogP contribution in [0.5, 0.6) is 0 Å². The van der Waals surface area contributed by atoms with Gasteiger partial charge < -0.3 is 9.67 Å². The molecule has 2 rings (SSSR count). The molecule has 1 saturated heterocycles. The Kier molecular flexibility index (Phi) is 3.30. The lowest BCUT2D eigenvalue weighted by Crippen LogP contribution is -2.32. The quantitative estimate of drug-likeness (QED) is 0.913. The standard InChI is InChI=1S/C10H14BrN3O2/c1-13-6-12-7(9(13)11)8(10(15)16)14-4-2-3-5-14/h6,8H,2-5H2,1H3,(H,15,16). The molecule has 1 N–H and O–H groups in total. The molecule has 0 bridgehead atoms. The number of halogens is 1. The number of aromatic nitrogens is 2. The van der Waals surface area contributed by atoms with Crippen molar-refractivity contribution in [3.63, 3.8) is 0 Å². The summed E-state index contributed by atoms with van der Waals surface area (Å²) in [6.45, 7) is 1.67. The van der Waals surface area contributed by atoms with Crippen molar-refractivity contribution in [2.45, 2.75) is 18.9 Å². The van der Waals surface area contributed by atoms with Crippen LogP contribution in [0.1, 0.15) is 24.6 Å². The highest BCUT2D eigenvalue weighted by Crippen LogP contribution is 2.29. The molecule has 0 radical (unpaired) electrons. The van der Waals surface area contributed by atoms with Crippen molar-refractivity contribution >= 4 is 21.9 Å². The maximum atomic E-state index is 11.3. The molecule has 6 heteroatoms. The Labute approximate surface area is 102 Å². The van der Waals surface area contributed by atoms with Crippen LogP contribution < -0.4 is 0 Å². The summed E-state index contributed by atoms with van der Waals surface area (Å²) in [6.07, 6.45) is 3.76. The first-order valence-corrected chi connectivity index (χ1v) is 6.04. The Balaban J connectivity index is 2.32. The molecule has 1 aromatic heterocycles. The number of hydrogen-bond acceptors (Lipinski definition) is 3. The zero-order chi connectivity index (χ0) is 11.7. The fourth-order valence-electron chi connectivity index (χ4n) is 2.06. The van der Waals surface area contributed by atoms with Crippen LogP contribution in [-0.2, 0) is 11.8 Å². The molecule has 1 aromatic rings. The van der Waals surface area contributed by atoms with Gasteiger partial charge in [0.1, 0.15) is 10.3 Å². The minimum atomic E-state index is -0.832. The van der Waals surface area contributed by atoms with Gasteiger partial charge in [-0.2, -0.15) is 0 Å². The van der Waals surface area contributed by atoms with Gasteiger partial charge in [-0.3, -0.25) is 9.69 Å². The summed E-state index contributed by atoms with van der Waals surface area (Å²) in [5.74, 6) is -0.832. The average molecular weight is 288 g/mol. The maximum absolute atomic E-state index is 11.3. The van der Waals surface area contributed by atoms with Crippen LogP contribution in [-0.4, -0.2) is 38.6 Å². The van der Waals surface area contributed by atoms with Gasteiger partial charge in [-0.05, 0) is 41.9 Å². The lowest BCUT2D eigenvalue weighted by Gasteiger charge is -2.22. The van der Waals surface area contributed by atoms with Gasteiger partial charge in [-0.15, -0.1) is 0 Å². The molecule has 1 unspecified atom stereocenters. The van der Waals surface area contributed by atoms with Crippen LogP contribution in [0.15, 0.2) is 10.9 Å². The molecule has 88 valence electrons. The highest BCUT2D eigenvalue weighted by Gasteiger charge is 2.33. The summed E-state index contributed by atoms with van der Waals surface area (Å²) in [5, 5.41) is 9.31. The minimum absolute atomic E-state index is 0.594. The first-order valence-electron chi connectivity index (χ1n) is 5.25. The number of carbonyl (C=O) groups is 1. The summed E-state index contributed by atoms with van der Waals surface area (Å²) in [6, 6.07) is -0.627. The molecule has 0 aliphatic carbocycles. The number of aryl methyl sites for hydroxylation is 1. The highest BCUT2D eigenvalue weighted by molar-refractivity contribution is 9.10. The van der Waals surface area contributed by atoms with Crippen LogP contribution >= 0.6 is 15.9 Å². The van der Waals surface area contributed by atoms with E-state index in [2.05, 4.69) is 20.9 Å². The van der Waals surface area contributed by atoms with E-state index in [9.17, 15) is 9.90 Å². The Hall–Kier alpha value is -0.880. The lowest BCUT2D eigenvalue weighted by molar-refractivity contribution is -0.143. The van der Waals surface area contributed by atoms with Crippen LogP contribution in [0, 0.1) is 0 Å². The fraction of sp³-hybridized carbons (Fsp3) is 0.600. The normalized spacial score (nSPS) is 18.9. The SMILES string of the molecule is Cn1cnc(C(C(=O)O)N2CCCC2)c1Br. The maximum Gasteiger partial charge on any atom is 0.327 e. The number of carboxylic acids is 1. The smallest absolute Gasteiger partial charge is 0.327 e. The second-order valence-corrected chi connectivity index (χ2v) is 4.77. The average Bonchev–Trinajstić information content (AvgIpc) is 2.83. The van der Waals surface area contributed by atoms with E-state index in [0.29, 0.717) is 5.69 Å². The Morgan fingerprint density at radius 2 is 2.19 bits per heavy atom. The van der Waals surface area contributed by atoms with E-state index in [1.165, 1.54) is 0 Å². The van der Waals surface area contributed by atoms with Gasteiger partial charge in [0.25, 0.3) is 0 Å². The summed E-state index contributed by atoms with van der Waals surface area (Å²) in [4.78, 5) is 17.5. The summed E-state index contributed by atoms with van der Waals surface area (Å²) < 4.78 is 2.52. The molecular formula is C10H14BrN3O2. The van der Waals surface area contributed by atoms with Gasteiger partial charge in [0.2, 0.25) is 0 Å². The van der Waals surface area contributed by atoms with Crippen molar-refractivity contribution in [1.82, 2.24) is 14.5 Å². The third kappa shape index (κ3) is 1.99. The van der Waals surface area contributed by atoms with Crippen molar-refractivity contribution in [2.24, 2.45) is 7.05 Å². The molecule has 1 atom stereocenters. The molecule has 0 amide bonds. The zero-order valence-electron chi connectivity index (χ0n) is 9.06. The molecule has 0 spiro atoms. The van der Waals surface area contributed by atoms with Crippen molar-refractivity contribution < 1.29 is 9.90 Å². The molecule has 1 aliphatic rings. The first kappa shape index (κ1) is 11.6. The molecule has 5 nitrogen and oxygen atoms in total. The molecule has 1 aliphatic heterocycles. The van der Waals surface area contributed by atoms with Crippen LogP contribution in [0.4, 0.5) is 0 Å². The van der Waals surface area contributed by atoms with E-state index in [-0.39, 0.29) is 0 Å². The fourth-order valence-corrected chi connectivity index (χ4v) is 2.47. The highest BCUT2D eigenvalue weighted by atomic mass is 79.9. The van der Waals surface area contributed by atoms with Gasteiger partial charge in [-0.25, -0.2) is 4.98 Å². The molecule has 2 heterocycles. The van der Waals surface area contributed by atoms with Gasteiger partial charge >= 0.3 is 5.97 Å². The van der Waals surface area contributed by atoms with Crippen molar-refractivity contribution in [1.29, 1.82) is 0 Å². The Morgan fingerprint density at radius 3 is 2.62 bits per heavy atom. The summed E-state index contributed by atoms with van der Waals surface area (Å²) in [7, 11) is 1.84. The number of carboxylic acid groups (broad SMARTS) is 1. The number of rotatable bonds is 3.